The molecule has 0 aromatic heterocycles. The molecule has 1 N–H and O–H groups in total. The van der Waals surface area contributed by atoms with E-state index in [-0.39, 0.29) is 16.7 Å². The topological polar surface area (TPSA) is 61.8 Å². The van der Waals surface area contributed by atoms with Gasteiger partial charge in [-0.3, -0.25) is 9.59 Å². The first-order valence-corrected chi connectivity index (χ1v) is 6.63. The van der Waals surface area contributed by atoms with Crippen molar-refractivity contribution in [3.63, 3.8) is 0 Å². The zero-order valence-corrected chi connectivity index (χ0v) is 11.6. The highest BCUT2D eigenvalue weighted by atomic mass is 32.2. The van der Waals surface area contributed by atoms with Crippen molar-refractivity contribution >= 4 is 28.7 Å². The van der Waals surface area contributed by atoms with Gasteiger partial charge in [0.2, 0.25) is 11.8 Å². The lowest BCUT2D eigenvalue weighted by Crippen LogP contribution is -2.42. The fraction of sp³-hybridized carbons (Fsp3) is 0.727. The smallest absolute Gasteiger partial charge is 0.240 e. The monoisotopic (exact) mass is 257 g/mol. The summed E-state index contributed by atoms with van der Waals surface area (Å²) >= 11 is 1.47. The highest BCUT2D eigenvalue weighted by molar-refractivity contribution is 8.15. The fourth-order valence-electron chi connectivity index (χ4n) is 1.93. The van der Waals surface area contributed by atoms with Gasteiger partial charge in [-0.25, -0.2) is 5.01 Å². The predicted octanol–water partition coefficient (Wildman–Crippen LogP) is 1.90. The summed E-state index contributed by atoms with van der Waals surface area (Å²) in [5.74, 6) is -0.253. The minimum absolute atomic E-state index is 0.0897. The third kappa shape index (κ3) is 3.00. The molecule has 1 aliphatic heterocycles. The summed E-state index contributed by atoms with van der Waals surface area (Å²) in [6.07, 6.45) is 2.63. The SMILES string of the molecule is CCCC1(CC)SC(NC(C)=O)=NN1C(C)=O. The van der Waals surface area contributed by atoms with E-state index >= 15 is 0 Å². The van der Waals surface area contributed by atoms with Crippen LogP contribution in [0.15, 0.2) is 5.10 Å². The Morgan fingerprint density at radius 1 is 1.41 bits per heavy atom. The minimum Gasteiger partial charge on any atom is -0.304 e. The molecule has 0 saturated carbocycles. The molecule has 0 fully saturated rings. The molecule has 1 aliphatic rings. The van der Waals surface area contributed by atoms with Crippen LogP contribution in [-0.4, -0.2) is 26.9 Å². The molecule has 5 nitrogen and oxygen atoms in total. The maximum atomic E-state index is 11.6. The zero-order valence-electron chi connectivity index (χ0n) is 10.7. The Morgan fingerprint density at radius 2 is 2.06 bits per heavy atom. The van der Waals surface area contributed by atoms with Gasteiger partial charge in [-0.15, -0.1) is 5.10 Å². The molecule has 96 valence electrons. The Kier molecular flexibility index (Phi) is 4.56. The Labute approximate surface area is 106 Å². The van der Waals surface area contributed by atoms with Crippen molar-refractivity contribution in [3.05, 3.63) is 0 Å². The van der Waals surface area contributed by atoms with E-state index in [1.165, 1.54) is 30.6 Å². The highest BCUT2D eigenvalue weighted by Gasteiger charge is 2.44. The lowest BCUT2D eigenvalue weighted by molar-refractivity contribution is -0.132. The van der Waals surface area contributed by atoms with Crippen LogP contribution in [0.5, 0.6) is 0 Å². The summed E-state index contributed by atoms with van der Waals surface area (Å²) in [7, 11) is 0. The average Bonchev–Trinajstić information content (AvgIpc) is 2.57. The molecule has 0 aromatic rings. The summed E-state index contributed by atoms with van der Waals surface area (Å²) < 4.78 is 0. The number of amides is 2. The van der Waals surface area contributed by atoms with Crippen molar-refractivity contribution in [1.82, 2.24) is 10.3 Å². The number of carbonyl (C=O) groups is 2. The molecule has 0 bridgehead atoms. The molecule has 0 aromatic carbocycles. The second-order valence-electron chi connectivity index (χ2n) is 4.07. The van der Waals surface area contributed by atoms with Gasteiger partial charge in [-0.1, -0.05) is 32.0 Å². The molecule has 1 rings (SSSR count). The Balaban J connectivity index is 2.94. The summed E-state index contributed by atoms with van der Waals surface area (Å²) in [6, 6.07) is 0. The van der Waals surface area contributed by atoms with Crippen LogP contribution in [-0.2, 0) is 9.59 Å². The molecule has 0 aliphatic carbocycles. The van der Waals surface area contributed by atoms with E-state index in [9.17, 15) is 9.59 Å². The number of rotatable bonds is 3. The average molecular weight is 257 g/mol. The second kappa shape index (κ2) is 5.53. The van der Waals surface area contributed by atoms with E-state index in [0.29, 0.717) is 5.17 Å². The van der Waals surface area contributed by atoms with Crippen LogP contribution in [0.25, 0.3) is 0 Å². The predicted molar refractivity (Wildman–Crippen MR) is 69.3 cm³/mol. The van der Waals surface area contributed by atoms with Gasteiger partial charge < -0.3 is 5.32 Å². The van der Waals surface area contributed by atoms with Gasteiger partial charge in [0.05, 0.1) is 0 Å². The lowest BCUT2D eigenvalue weighted by Gasteiger charge is -2.33. The van der Waals surface area contributed by atoms with Crippen LogP contribution in [0.2, 0.25) is 0 Å². The third-order valence-electron chi connectivity index (χ3n) is 2.64. The Bertz CT molecular complexity index is 357. The molecular formula is C11H19N3O2S. The molecule has 17 heavy (non-hydrogen) atoms. The molecule has 2 amide bonds. The van der Waals surface area contributed by atoms with Crippen LogP contribution in [0.1, 0.15) is 47.0 Å². The van der Waals surface area contributed by atoms with E-state index in [1.54, 1.807) is 0 Å². The van der Waals surface area contributed by atoms with Crippen LogP contribution in [0.3, 0.4) is 0 Å². The number of hydrogen-bond acceptors (Lipinski definition) is 4. The first kappa shape index (κ1) is 14.0. The van der Waals surface area contributed by atoms with E-state index in [2.05, 4.69) is 17.3 Å². The van der Waals surface area contributed by atoms with Gasteiger partial charge in [-0.2, -0.15) is 0 Å². The standard InChI is InChI=1S/C11H19N3O2S/c1-5-7-11(6-2)14(9(4)16)13-10(17-11)12-8(3)15/h5-7H2,1-4H3,(H,12,13,15). The number of nitrogens with one attached hydrogen (secondary N) is 1. The fourth-order valence-corrected chi connectivity index (χ4v) is 3.31. The van der Waals surface area contributed by atoms with E-state index in [1.807, 2.05) is 6.92 Å². The summed E-state index contributed by atoms with van der Waals surface area (Å²) in [5.41, 5.74) is 0. The van der Waals surface area contributed by atoms with Crippen molar-refractivity contribution in [2.24, 2.45) is 5.10 Å². The maximum Gasteiger partial charge on any atom is 0.240 e. The molecule has 0 saturated heterocycles. The van der Waals surface area contributed by atoms with Gasteiger partial charge >= 0.3 is 0 Å². The number of thioether (sulfide) groups is 1. The lowest BCUT2D eigenvalue weighted by atomic mass is 10.1. The Morgan fingerprint density at radius 3 is 2.47 bits per heavy atom. The molecule has 1 heterocycles. The van der Waals surface area contributed by atoms with Crippen molar-refractivity contribution < 1.29 is 9.59 Å². The first-order chi connectivity index (χ1) is 7.95. The molecule has 1 unspecified atom stereocenters. The second-order valence-corrected chi connectivity index (χ2v) is 5.42. The van der Waals surface area contributed by atoms with Crippen LogP contribution in [0.4, 0.5) is 0 Å². The molecule has 0 radical (unpaired) electrons. The largest absolute Gasteiger partial charge is 0.304 e. The van der Waals surface area contributed by atoms with Crippen LogP contribution < -0.4 is 5.32 Å². The number of carbonyl (C=O) groups excluding carboxylic acids is 2. The third-order valence-corrected chi connectivity index (χ3v) is 4.06. The normalized spacial score (nSPS) is 23.5. The quantitative estimate of drug-likeness (QED) is 0.840. The van der Waals surface area contributed by atoms with Crippen molar-refractivity contribution in [2.75, 3.05) is 0 Å². The van der Waals surface area contributed by atoms with E-state index in [0.717, 1.165) is 19.3 Å². The first-order valence-electron chi connectivity index (χ1n) is 5.81. The molecule has 6 heteroatoms. The van der Waals surface area contributed by atoms with Gasteiger partial charge in [0, 0.05) is 13.8 Å². The summed E-state index contributed by atoms with van der Waals surface area (Å²) in [5, 5.41) is 8.88. The van der Waals surface area contributed by atoms with Gasteiger partial charge in [0.25, 0.3) is 0 Å². The number of hydrogen-bond donors (Lipinski definition) is 1. The van der Waals surface area contributed by atoms with Gasteiger partial charge in [-0.05, 0) is 12.8 Å². The van der Waals surface area contributed by atoms with Crippen molar-refractivity contribution in [3.8, 4) is 0 Å². The zero-order chi connectivity index (χ0) is 13.1. The minimum atomic E-state index is -0.335. The Hall–Kier alpha value is -1.04. The van der Waals surface area contributed by atoms with Crippen LogP contribution in [0, 0.1) is 0 Å². The van der Waals surface area contributed by atoms with Crippen molar-refractivity contribution in [1.29, 1.82) is 0 Å². The van der Waals surface area contributed by atoms with Gasteiger partial charge in [0.15, 0.2) is 5.17 Å². The number of nitrogens with zero attached hydrogens (tertiary/aromatic N) is 2. The molecular weight excluding hydrogens is 238 g/mol. The maximum absolute atomic E-state index is 11.6. The summed E-state index contributed by atoms with van der Waals surface area (Å²) in [6.45, 7) is 7.05. The van der Waals surface area contributed by atoms with Crippen molar-refractivity contribution in [2.45, 2.75) is 51.8 Å². The van der Waals surface area contributed by atoms with Gasteiger partial charge in [0.1, 0.15) is 4.87 Å². The highest BCUT2D eigenvalue weighted by Crippen LogP contribution is 2.42. The van der Waals surface area contributed by atoms with E-state index < -0.39 is 0 Å². The number of hydrazone groups is 1. The van der Waals surface area contributed by atoms with E-state index in [4.69, 9.17) is 0 Å². The molecule has 1 atom stereocenters. The van der Waals surface area contributed by atoms with Crippen LogP contribution >= 0.6 is 11.8 Å². The molecule has 0 spiro atoms. The number of amidine groups is 1. The summed E-state index contributed by atoms with van der Waals surface area (Å²) in [4.78, 5) is 22.3.